The summed E-state index contributed by atoms with van der Waals surface area (Å²) in [5.41, 5.74) is 6.00. The van der Waals surface area contributed by atoms with Crippen LogP contribution < -0.4 is 11.1 Å². The standard InChI is InChI=1S/C13H20F2N2/c1-8(2)10(6-16)7-17-13-11(14)5-4-9(3)12(13)15/h4-5,8,10,17H,6-7,16H2,1-3H3. The topological polar surface area (TPSA) is 38.0 Å². The van der Waals surface area contributed by atoms with Crippen LogP contribution in [0.3, 0.4) is 0 Å². The van der Waals surface area contributed by atoms with Crippen molar-refractivity contribution < 1.29 is 8.78 Å². The van der Waals surface area contributed by atoms with Crippen LogP contribution in [-0.2, 0) is 0 Å². The van der Waals surface area contributed by atoms with E-state index in [1.54, 1.807) is 6.92 Å². The van der Waals surface area contributed by atoms with Crippen molar-refractivity contribution in [2.24, 2.45) is 17.6 Å². The van der Waals surface area contributed by atoms with Crippen LogP contribution in [0.2, 0.25) is 0 Å². The third kappa shape index (κ3) is 3.40. The highest BCUT2D eigenvalue weighted by Gasteiger charge is 2.15. The van der Waals surface area contributed by atoms with E-state index >= 15 is 0 Å². The van der Waals surface area contributed by atoms with Crippen LogP contribution in [0.15, 0.2) is 12.1 Å². The Kier molecular flexibility index (Phi) is 4.87. The molecule has 0 saturated carbocycles. The minimum atomic E-state index is -0.562. The molecular weight excluding hydrogens is 222 g/mol. The maximum Gasteiger partial charge on any atom is 0.152 e. The molecule has 96 valence electrons. The van der Waals surface area contributed by atoms with Gasteiger partial charge < -0.3 is 11.1 Å². The van der Waals surface area contributed by atoms with E-state index in [1.807, 2.05) is 13.8 Å². The van der Waals surface area contributed by atoms with Crippen LogP contribution in [0.1, 0.15) is 19.4 Å². The van der Waals surface area contributed by atoms with Gasteiger partial charge in [-0.05, 0) is 36.9 Å². The molecule has 1 aromatic rings. The van der Waals surface area contributed by atoms with Gasteiger partial charge >= 0.3 is 0 Å². The number of rotatable bonds is 5. The fraction of sp³-hybridized carbons (Fsp3) is 0.538. The fourth-order valence-electron chi connectivity index (χ4n) is 1.64. The number of aryl methyl sites for hydroxylation is 1. The molecule has 17 heavy (non-hydrogen) atoms. The second kappa shape index (κ2) is 5.96. The van der Waals surface area contributed by atoms with Gasteiger partial charge in [0.15, 0.2) is 5.82 Å². The van der Waals surface area contributed by atoms with E-state index in [9.17, 15) is 8.78 Å². The number of hydrogen-bond acceptors (Lipinski definition) is 2. The van der Waals surface area contributed by atoms with Gasteiger partial charge in [0.1, 0.15) is 11.5 Å². The van der Waals surface area contributed by atoms with Crippen molar-refractivity contribution in [3.05, 3.63) is 29.3 Å². The van der Waals surface area contributed by atoms with E-state index in [2.05, 4.69) is 5.32 Å². The largest absolute Gasteiger partial charge is 0.380 e. The lowest BCUT2D eigenvalue weighted by Gasteiger charge is -2.20. The summed E-state index contributed by atoms with van der Waals surface area (Å²) in [6.45, 7) is 6.68. The van der Waals surface area contributed by atoms with E-state index in [1.165, 1.54) is 12.1 Å². The molecule has 0 aliphatic rings. The maximum absolute atomic E-state index is 13.7. The van der Waals surface area contributed by atoms with Crippen LogP contribution >= 0.6 is 0 Å². The average Bonchev–Trinajstić information content (AvgIpc) is 2.28. The van der Waals surface area contributed by atoms with Crippen molar-refractivity contribution in [3.8, 4) is 0 Å². The fourth-order valence-corrected chi connectivity index (χ4v) is 1.64. The zero-order chi connectivity index (χ0) is 13.0. The van der Waals surface area contributed by atoms with Crippen molar-refractivity contribution in [3.63, 3.8) is 0 Å². The summed E-state index contributed by atoms with van der Waals surface area (Å²) in [6, 6.07) is 2.70. The maximum atomic E-state index is 13.7. The van der Waals surface area contributed by atoms with E-state index < -0.39 is 11.6 Å². The quantitative estimate of drug-likeness (QED) is 0.833. The molecule has 1 rings (SSSR count). The summed E-state index contributed by atoms with van der Waals surface area (Å²) < 4.78 is 27.1. The summed E-state index contributed by atoms with van der Waals surface area (Å²) in [7, 11) is 0. The Morgan fingerprint density at radius 3 is 2.47 bits per heavy atom. The van der Waals surface area contributed by atoms with Gasteiger partial charge in [0.05, 0.1) is 0 Å². The molecule has 0 aromatic heterocycles. The minimum absolute atomic E-state index is 0.0518. The molecule has 0 radical (unpaired) electrons. The first kappa shape index (κ1) is 13.9. The van der Waals surface area contributed by atoms with E-state index in [4.69, 9.17) is 5.73 Å². The number of halogens is 2. The van der Waals surface area contributed by atoms with Gasteiger partial charge in [-0.3, -0.25) is 0 Å². The predicted molar refractivity (Wildman–Crippen MR) is 67.0 cm³/mol. The number of nitrogens with two attached hydrogens (primary N) is 1. The van der Waals surface area contributed by atoms with Crippen molar-refractivity contribution >= 4 is 5.69 Å². The number of anilines is 1. The molecule has 1 atom stereocenters. The molecule has 0 spiro atoms. The second-order valence-corrected chi connectivity index (χ2v) is 4.67. The highest BCUT2D eigenvalue weighted by atomic mass is 19.1. The van der Waals surface area contributed by atoms with Gasteiger partial charge in [-0.25, -0.2) is 8.78 Å². The highest BCUT2D eigenvalue weighted by Crippen LogP contribution is 2.22. The summed E-state index contributed by atoms with van der Waals surface area (Å²) in [5.74, 6) is -0.505. The van der Waals surface area contributed by atoms with Crippen LogP contribution in [0, 0.1) is 30.4 Å². The lowest BCUT2D eigenvalue weighted by molar-refractivity contribution is 0.412. The molecule has 0 heterocycles. The average molecular weight is 242 g/mol. The first-order valence-corrected chi connectivity index (χ1v) is 5.85. The first-order chi connectivity index (χ1) is 7.97. The molecule has 0 bridgehead atoms. The van der Waals surface area contributed by atoms with Gasteiger partial charge in [-0.1, -0.05) is 19.9 Å². The number of benzene rings is 1. The number of hydrogen-bond donors (Lipinski definition) is 2. The van der Waals surface area contributed by atoms with E-state index in [-0.39, 0.29) is 11.6 Å². The Labute approximate surface area is 101 Å². The smallest absolute Gasteiger partial charge is 0.152 e. The molecule has 3 N–H and O–H groups in total. The molecule has 0 aliphatic heterocycles. The predicted octanol–water partition coefficient (Wildman–Crippen LogP) is 2.92. The van der Waals surface area contributed by atoms with Crippen molar-refractivity contribution in [1.29, 1.82) is 0 Å². The third-order valence-electron chi connectivity index (χ3n) is 3.07. The van der Waals surface area contributed by atoms with Crippen molar-refractivity contribution in [2.75, 3.05) is 18.4 Å². The normalized spacial score (nSPS) is 12.9. The Bertz CT molecular complexity index is 378. The SMILES string of the molecule is Cc1ccc(F)c(NCC(CN)C(C)C)c1F. The van der Waals surface area contributed by atoms with Gasteiger partial charge in [-0.2, -0.15) is 0 Å². The Morgan fingerprint density at radius 2 is 1.94 bits per heavy atom. The summed E-state index contributed by atoms with van der Waals surface area (Å²) in [6.07, 6.45) is 0. The van der Waals surface area contributed by atoms with Crippen LogP contribution in [0.5, 0.6) is 0 Å². The van der Waals surface area contributed by atoms with E-state index in [0.29, 0.717) is 24.6 Å². The Morgan fingerprint density at radius 1 is 1.29 bits per heavy atom. The zero-order valence-electron chi connectivity index (χ0n) is 10.6. The lowest BCUT2D eigenvalue weighted by atomic mass is 9.96. The molecule has 0 fully saturated rings. The molecule has 1 aromatic carbocycles. The van der Waals surface area contributed by atoms with Gasteiger partial charge in [0.2, 0.25) is 0 Å². The molecule has 0 aliphatic carbocycles. The van der Waals surface area contributed by atoms with Gasteiger partial charge in [0.25, 0.3) is 0 Å². The Balaban J connectivity index is 2.78. The highest BCUT2D eigenvalue weighted by molar-refractivity contribution is 5.48. The molecule has 0 saturated heterocycles. The van der Waals surface area contributed by atoms with Gasteiger partial charge in [-0.15, -0.1) is 0 Å². The zero-order valence-corrected chi connectivity index (χ0v) is 10.6. The molecule has 0 amide bonds. The van der Waals surface area contributed by atoms with Crippen LogP contribution in [-0.4, -0.2) is 13.1 Å². The summed E-state index contributed by atoms with van der Waals surface area (Å²) >= 11 is 0. The molecule has 1 unspecified atom stereocenters. The first-order valence-electron chi connectivity index (χ1n) is 5.85. The molecular formula is C13H20F2N2. The van der Waals surface area contributed by atoms with Crippen molar-refractivity contribution in [2.45, 2.75) is 20.8 Å². The second-order valence-electron chi connectivity index (χ2n) is 4.67. The van der Waals surface area contributed by atoms with Crippen LogP contribution in [0.4, 0.5) is 14.5 Å². The molecule has 4 heteroatoms. The third-order valence-corrected chi connectivity index (χ3v) is 3.07. The van der Waals surface area contributed by atoms with E-state index in [0.717, 1.165) is 0 Å². The van der Waals surface area contributed by atoms with Crippen LogP contribution in [0.25, 0.3) is 0 Å². The monoisotopic (exact) mass is 242 g/mol. The number of nitrogens with one attached hydrogen (secondary N) is 1. The Hall–Kier alpha value is -1.16. The summed E-state index contributed by atoms with van der Waals surface area (Å²) in [4.78, 5) is 0. The summed E-state index contributed by atoms with van der Waals surface area (Å²) in [5, 5.41) is 2.82. The molecule has 2 nitrogen and oxygen atoms in total. The van der Waals surface area contributed by atoms with Gasteiger partial charge in [0, 0.05) is 6.54 Å². The van der Waals surface area contributed by atoms with Crippen molar-refractivity contribution in [1.82, 2.24) is 0 Å². The minimum Gasteiger partial charge on any atom is -0.380 e. The lowest BCUT2D eigenvalue weighted by Crippen LogP contribution is -2.27.